The number of aromatic hydroxyl groups is 4. The number of Topliss-reactive ketones (excluding diaryl/α,β-unsaturated/α-hetero) is 2. The lowest BCUT2D eigenvalue weighted by Crippen LogP contribution is -2.26. The molecule has 0 atom stereocenters. The highest BCUT2D eigenvalue weighted by molar-refractivity contribution is 7.80. The summed E-state index contributed by atoms with van der Waals surface area (Å²) in [6.07, 6.45) is -7.98. The molecule has 0 aliphatic heterocycles. The van der Waals surface area contributed by atoms with Crippen molar-refractivity contribution in [1.82, 2.24) is 9.78 Å². The van der Waals surface area contributed by atoms with Crippen LogP contribution in [0.15, 0.2) is 218 Å². The Morgan fingerprint density at radius 2 is 0.797 bits per heavy atom. The number of thiocarbonyl (C=S) groups is 2. The summed E-state index contributed by atoms with van der Waals surface area (Å²) >= 11 is 26.7. The molecular formula is C92H79Cl2F6N7O16S5. The van der Waals surface area contributed by atoms with Gasteiger partial charge in [-0.05, 0) is 157 Å². The first-order valence-electron chi connectivity index (χ1n) is 38.0. The van der Waals surface area contributed by atoms with Gasteiger partial charge in [-0.3, -0.25) is 39.4 Å². The Kier molecular flexibility index (Phi) is 33.4. The summed E-state index contributed by atoms with van der Waals surface area (Å²) in [7, 11) is 1.58. The number of carbonyl (C=O) groups is 6. The van der Waals surface area contributed by atoms with Crippen LogP contribution in [0.3, 0.4) is 0 Å². The lowest BCUT2D eigenvalue weighted by molar-refractivity contribution is -0.255. The Bertz CT molecular complexity index is 6280. The average Bonchev–Trinajstić information content (AvgIpc) is 1.60. The first kappa shape index (κ1) is 99.0. The predicted molar refractivity (Wildman–Crippen MR) is 492 cm³/mol. The van der Waals surface area contributed by atoms with E-state index >= 15 is 0 Å². The summed E-state index contributed by atoms with van der Waals surface area (Å²) in [5, 5.41) is 107. The van der Waals surface area contributed by atoms with E-state index in [2.05, 4.69) is 45.8 Å². The van der Waals surface area contributed by atoms with Crippen molar-refractivity contribution in [2.45, 2.75) is 79.1 Å². The molecule has 0 fully saturated rings. The van der Waals surface area contributed by atoms with E-state index in [1.165, 1.54) is 123 Å². The van der Waals surface area contributed by atoms with Gasteiger partial charge in [-0.1, -0.05) is 165 Å². The van der Waals surface area contributed by atoms with Crippen LogP contribution in [0.4, 0.5) is 32.0 Å². The molecule has 12 aromatic rings. The molecule has 10 N–H and O–H groups in total. The maximum absolute atomic E-state index is 12.8. The molecule has 664 valence electrons. The minimum Gasteiger partial charge on any atom is -0.545 e. The van der Waals surface area contributed by atoms with Gasteiger partial charge in [0, 0.05) is 102 Å². The van der Waals surface area contributed by atoms with Gasteiger partial charge in [0.2, 0.25) is 0 Å². The summed E-state index contributed by atoms with van der Waals surface area (Å²) < 4.78 is 78.1. The van der Waals surface area contributed by atoms with E-state index in [9.17, 15) is 85.8 Å². The number of aromatic nitrogens is 2. The number of ketones is 2. The second kappa shape index (κ2) is 43.2. The molecule has 0 aliphatic carbocycles. The fourth-order valence-corrected chi connectivity index (χ4v) is 15.9. The first-order chi connectivity index (χ1) is 60.2. The summed E-state index contributed by atoms with van der Waals surface area (Å²) in [4.78, 5) is 89.1. The van der Waals surface area contributed by atoms with E-state index < -0.39 is 58.7 Å². The minimum atomic E-state index is -4.45. The molecule has 0 aliphatic rings. The largest absolute Gasteiger partial charge is 0.545 e. The minimum absolute atomic E-state index is 0.0265. The normalized spacial score (nSPS) is 11.9. The SMILES string of the molecule is CC(=NCC(=O)c1ccc(C(=O)O)cc1)c1csc(-c2ccc(Cl)c(Cl)c2)c1O.CC(=NCC(=O)c1ccc(C(=O)[O-])c(N(O)[OH2+])c1)c1csc(-c2ccc(C(C)(C)C)cc2)c1O.CC(=NCC(=S)Cc1ccc(C(=O)O)cc1)c1csc(-c2ccc(C(F)(F)F)cc2)c1O.CC(=NCC(=S)Cc1ccc(C(=O)O)cc1)c1nn(C)c(-c2ccc(C(F)(F)F)cc2)c1O. The number of aliphatic imine (C=N–C) groups is 4. The zero-order chi connectivity index (χ0) is 94.1. The number of benzene rings is 8. The maximum Gasteiger partial charge on any atom is 0.416 e. The molecule has 0 saturated carbocycles. The molecule has 128 heavy (non-hydrogen) atoms. The predicted octanol–water partition coefficient (Wildman–Crippen LogP) is 20.3. The van der Waals surface area contributed by atoms with E-state index in [-0.39, 0.29) is 105 Å². The Morgan fingerprint density at radius 1 is 0.453 bits per heavy atom. The van der Waals surface area contributed by atoms with Gasteiger partial charge in [0.15, 0.2) is 23.0 Å². The van der Waals surface area contributed by atoms with E-state index in [4.69, 9.17) is 68.2 Å². The zero-order valence-electron chi connectivity index (χ0n) is 68.9. The molecule has 0 saturated heterocycles. The molecule has 36 heteroatoms. The Morgan fingerprint density at radius 3 is 1.17 bits per heavy atom. The molecule has 23 nitrogen and oxygen atoms in total. The summed E-state index contributed by atoms with van der Waals surface area (Å²) in [6, 6.07) is 44.1. The molecule has 12 rings (SSSR count). The van der Waals surface area contributed by atoms with Gasteiger partial charge >= 0.3 is 30.3 Å². The number of aromatic carboxylic acids is 4. The van der Waals surface area contributed by atoms with E-state index in [1.54, 1.807) is 93.3 Å². The molecule has 8 aromatic carbocycles. The second-order valence-corrected chi connectivity index (χ2v) is 34.0. The van der Waals surface area contributed by atoms with Crippen LogP contribution in [0.25, 0.3) is 42.6 Å². The van der Waals surface area contributed by atoms with E-state index in [1.807, 2.05) is 24.3 Å². The van der Waals surface area contributed by atoms with Crippen LogP contribution < -0.4 is 10.3 Å². The number of anilines is 1. The van der Waals surface area contributed by atoms with E-state index in [0.29, 0.717) is 103 Å². The Labute approximate surface area is 761 Å². The first-order valence-corrected chi connectivity index (χ1v) is 42.2. The van der Waals surface area contributed by atoms with E-state index in [0.717, 1.165) is 58.7 Å². The number of halogens is 8. The van der Waals surface area contributed by atoms with Gasteiger partial charge in [0.1, 0.15) is 41.7 Å². The third-order valence-electron chi connectivity index (χ3n) is 19.3. The van der Waals surface area contributed by atoms with Crippen LogP contribution in [0.2, 0.25) is 10.0 Å². The maximum atomic E-state index is 12.8. The number of aryl methyl sites for hydroxylation is 1. The van der Waals surface area contributed by atoms with Crippen molar-refractivity contribution in [2.75, 3.05) is 31.4 Å². The standard InChI is InChI=1S/C25H26N2O6S.C23H20F3N3O3S.C23H18F3NO3S2.C21H15Cl2NO4S/c1-14(26-12-21(28)16-7-10-18(24(30)31)20(11-16)27(32)33)19-13-34-23(22(19)29)15-5-8-17(9-6-15)25(2,3)4;1-13(27-12-18(33)11-14-3-5-16(6-4-14)22(31)32)19-21(30)20(29(2)28-19)15-7-9-17(10-8-15)23(24,25)26;1-13(27-11-18(31)10-14-2-4-16(5-3-14)22(29)30)19-12-32-21(20(19)28)15-6-8-17(9-7-15)23(24,25)26;1-11(24-9-18(25)12-2-4-13(5-3-12)21(27)28)15-10-29-20(19(15)26)14-6-7-16(22)17(23)8-14/h5-11,13,29,32-33H,12H2,1-4H3,(H,30,31);3-10,30H,11-12H2,1-2H3,(H,31,32);2-9,12,28H,10-11H2,1H3,(H,29,30);2-8,10,26H,9H2,1H3,(H,27,28). The van der Waals surface area contributed by atoms with Crippen LogP contribution in [0.5, 0.6) is 23.0 Å². The molecular weight excluding hydrogens is 1800 g/mol. The molecule has 0 amide bonds. The number of nitrogens with zero attached hydrogens (tertiary/aromatic N) is 7. The molecule has 4 aromatic heterocycles. The van der Waals surface area contributed by atoms with Gasteiger partial charge in [-0.15, -0.1) is 34.0 Å². The molecule has 4 heterocycles. The van der Waals surface area contributed by atoms with Crippen molar-refractivity contribution >= 4 is 155 Å². The Balaban J connectivity index is 0.000000193. The number of hydrogen-bond acceptors (Lipinski definition) is 23. The van der Waals surface area contributed by atoms with Gasteiger partial charge in [-0.2, -0.15) is 31.4 Å². The smallest absolute Gasteiger partial charge is 0.416 e. The number of carbonyl (C=O) groups excluding carboxylic acids is 3. The quantitative estimate of drug-likeness (QED) is 0.00592. The third kappa shape index (κ3) is 26.0. The highest BCUT2D eigenvalue weighted by Gasteiger charge is 2.32. The molecule has 0 bridgehead atoms. The summed E-state index contributed by atoms with van der Waals surface area (Å²) in [5.74, 6) is -5.39. The number of hydrogen-bond donors (Lipinski definition) is 8. The Hall–Kier alpha value is -12.8. The molecule has 0 spiro atoms. The zero-order valence-corrected chi connectivity index (χ0v) is 74.5. The summed E-state index contributed by atoms with van der Waals surface area (Å²) in [5.41, 5.74) is 8.04. The molecule has 0 unspecified atom stereocenters. The number of alkyl halides is 6. The van der Waals surface area contributed by atoms with Crippen molar-refractivity contribution in [3.05, 3.63) is 292 Å². The highest BCUT2D eigenvalue weighted by Crippen LogP contribution is 2.44. The van der Waals surface area contributed by atoms with Gasteiger partial charge in [0.05, 0.1) is 77.3 Å². The number of carboxylic acid groups (broad SMARTS) is 4. The van der Waals surface area contributed by atoms with Crippen LogP contribution in [0.1, 0.15) is 161 Å². The van der Waals surface area contributed by atoms with Gasteiger partial charge in [0.25, 0.3) is 0 Å². The van der Waals surface area contributed by atoms with Crippen LogP contribution >= 0.6 is 81.6 Å². The highest BCUT2D eigenvalue weighted by atomic mass is 35.5. The van der Waals surface area contributed by atoms with Gasteiger partial charge < -0.3 is 45.6 Å². The van der Waals surface area contributed by atoms with Gasteiger partial charge in [-0.25, -0.2) is 19.6 Å². The van der Waals surface area contributed by atoms with Crippen molar-refractivity contribution < 1.29 is 106 Å². The monoisotopic (exact) mass is 1880 g/mol. The number of rotatable bonds is 27. The lowest BCUT2D eigenvalue weighted by atomic mass is 9.86. The van der Waals surface area contributed by atoms with Crippen molar-refractivity contribution in [2.24, 2.45) is 27.0 Å². The third-order valence-corrected chi connectivity index (χ3v) is 23.7. The molecule has 0 radical (unpaired) electrons. The number of carboxylic acids is 4. The summed E-state index contributed by atoms with van der Waals surface area (Å²) in [6.45, 7) is 13.2. The topological polar surface area (TPSA) is 381 Å². The fourth-order valence-electron chi connectivity index (χ4n) is 12.2. The van der Waals surface area contributed by atoms with Crippen molar-refractivity contribution in [1.29, 1.82) is 0 Å². The number of thiophene rings is 3. The van der Waals surface area contributed by atoms with Crippen LogP contribution in [-0.4, -0.2) is 150 Å². The lowest BCUT2D eigenvalue weighted by Gasteiger charge is -2.19. The average molecular weight is 1880 g/mol. The second-order valence-electron chi connectivity index (χ2n) is 29.4. The van der Waals surface area contributed by atoms with Crippen molar-refractivity contribution in [3.63, 3.8) is 0 Å². The fraction of sp³-hybridized carbons (Fsp3) is 0.185. The van der Waals surface area contributed by atoms with Crippen LogP contribution in [-0.2, 0) is 37.7 Å². The van der Waals surface area contributed by atoms with Crippen LogP contribution in [0, 0.1) is 0 Å². The van der Waals surface area contributed by atoms with Crippen molar-refractivity contribution in [3.8, 4) is 65.6 Å².